The van der Waals surface area contributed by atoms with Gasteiger partial charge in [0.15, 0.2) is 0 Å². The summed E-state index contributed by atoms with van der Waals surface area (Å²) >= 11 is 0. The standard InChI is InChI=1S/C21H24N4O/c1-15-14-18(10-11-19(15)25-12-6-7-13-25)22-16(2)20-23-24-21(26-20)17-8-4-3-5-9-17/h3-5,8-11,14,16,22H,6-7,12-13H2,1-2H3/t16-/m0/s1. The fraction of sp³-hybridized carbons (Fsp3) is 0.333. The summed E-state index contributed by atoms with van der Waals surface area (Å²) in [6, 6.07) is 16.3. The van der Waals surface area contributed by atoms with Gasteiger partial charge in [-0.15, -0.1) is 10.2 Å². The minimum atomic E-state index is -0.0583. The van der Waals surface area contributed by atoms with Crippen LogP contribution in [0.1, 0.15) is 37.3 Å². The first kappa shape index (κ1) is 16.6. The van der Waals surface area contributed by atoms with E-state index in [2.05, 4.69) is 45.5 Å². The van der Waals surface area contributed by atoms with Gasteiger partial charge in [-0.25, -0.2) is 0 Å². The molecule has 1 atom stereocenters. The molecule has 1 fully saturated rings. The third-order valence-electron chi connectivity index (χ3n) is 4.86. The fourth-order valence-electron chi connectivity index (χ4n) is 3.48. The van der Waals surface area contributed by atoms with Crippen LogP contribution in [0.15, 0.2) is 52.9 Å². The molecule has 1 N–H and O–H groups in total. The minimum absolute atomic E-state index is 0.0583. The second kappa shape index (κ2) is 7.20. The van der Waals surface area contributed by atoms with Crippen LogP contribution in [0.3, 0.4) is 0 Å². The van der Waals surface area contributed by atoms with Crippen LogP contribution in [0, 0.1) is 6.92 Å². The molecule has 0 bridgehead atoms. The summed E-state index contributed by atoms with van der Waals surface area (Å²) in [6.07, 6.45) is 2.58. The van der Waals surface area contributed by atoms with Crippen molar-refractivity contribution in [1.82, 2.24) is 10.2 Å². The molecule has 134 valence electrons. The fourth-order valence-corrected chi connectivity index (χ4v) is 3.48. The Labute approximate surface area is 154 Å². The Morgan fingerprint density at radius 3 is 2.54 bits per heavy atom. The molecule has 2 heterocycles. The lowest BCUT2D eigenvalue weighted by molar-refractivity contribution is 0.485. The molecule has 3 aromatic rings. The quantitative estimate of drug-likeness (QED) is 0.716. The number of rotatable bonds is 5. The summed E-state index contributed by atoms with van der Waals surface area (Å²) in [4.78, 5) is 2.46. The van der Waals surface area contributed by atoms with Crippen LogP contribution in [0.5, 0.6) is 0 Å². The molecule has 0 aliphatic carbocycles. The van der Waals surface area contributed by atoms with E-state index in [4.69, 9.17) is 4.42 Å². The van der Waals surface area contributed by atoms with E-state index in [-0.39, 0.29) is 6.04 Å². The van der Waals surface area contributed by atoms with Gasteiger partial charge in [0.25, 0.3) is 0 Å². The van der Waals surface area contributed by atoms with Crippen LogP contribution >= 0.6 is 0 Å². The van der Waals surface area contributed by atoms with E-state index in [1.165, 1.54) is 24.1 Å². The summed E-state index contributed by atoms with van der Waals surface area (Å²) in [6.45, 7) is 6.53. The molecule has 26 heavy (non-hydrogen) atoms. The van der Waals surface area contributed by atoms with Gasteiger partial charge in [-0.05, 0) is 62.6 Å². The van der Waals surface area contributed by atoms with Gasteiger partial charge in [0, 0.05) is 30.0 Å². The summed E-state index contributed by atoms with van der Waals surface area (Å²) < 4.78 is 5.85. The predicted octanol–water partition coefficient (Wildman–Crippen LogP) is 4.82. The van der Waals surface area contributed by atoms with E-state index in [0.29, 0.717) is 11.8 Å². The molecular formula is C21H24N4O. The number of benzene rings is 2. The molecule has 0 amide bonds. The molecule has 0 saturated carbocycles. The highest BCUT2D eigenvalue weighted by atomic mass is 16.4. The summed E-state index contributed by atoms with van der Waals surface area (Å²) in [7, 11) is 0. The largest absolute Gasteiger partial charge is 0.418 e. The van der Waals surface area contributed by atoms with Crippen molar-refractivity contribution in [3.63, 3.8) is 0 Å². The first-order valence-electron chi connectivity index (χ1n) is 9.21. The zero-order chi connectivity index (χ0) is 17.9. The van der Waals surface area contributed by atoms with Crippen molar-refractivity contribution in [3.05, 3.63) is 60.0 Å². The molecule has 5 heteroatoms. The molecule has 1 aromatic heterocycles. The van der Waals surface area contributed by atoms with Gasteiger partial charge < -0.3 is 14.6 Å². The van der Waals surface area contributed by atoms with Gasteiger partial charge in [0.1, 0.15) is 6.04 Å². The van der Waals surface area contributed by atoms with Crippen molar-refractivity contribution in [2.45, 2.75) is 32.7 Å². The van der Waals surface area contributed by atoms with Crippen molar-refractivity contribution in [3.8, 4) is 11.5 Å². The Hall–Kier alpha value is -2.82. The average Bonchev–Trinajstić information content (AvgIpc) is 3.35. The van der Waals surface area contributed by atoms with E-state index in [1.54, 1.807) is 0 Å². The molecule has 0 radical (unpaired) electrons. The zero-order valence-corrected chi connectivity index (χ0v) is 15.3. The molecule has 0 spiro atoms. The second-order valence-electron chi connectivity index (χ2n) is 6.87. The topological polar surface area (TPSA) is 54.2 Å². The van der Waals surface area contributed by atoms with Crippen LogP contribution in [-0.4, -0.2) is 23.3 Å². The van der Waals surface area contributed by atoms with Crippen molar-refractivity contribution >= 4 is 11.4 Å². The van der Waals surface area contributed by atoms with Gasteiger partial charge in [-0.1, -0.05) is 18.2 Å². The van der Waals surface area contributed by atoms with Gasteiger partial charge in [-0.3, -0.25) is 0 Å². The first-order chi connectivity index (χ1) is 12.7. The maximum atomic E-state index is 5.85. The molecule has 4 rings (SSSR count). The van der Waals surface area contributed by atoms with Crippen molar-refractivity contribution < 1.29 is 4.42 Å². The predicted molar refractivity (Wildman–Crippen MR) is 104 cm³/mol. The van der Waals surface area contributed by atoms with Gasteiger partial charge in [0.05, 0.1) is 0 Å². The molecule has 5 nitrogen and oxygen atoms in total. The van der Waals surface area contributed by atoms with E-state index in [0.717, 1.165) is 24.3 Å². The number of aryl methyl sites for hydroxylation is 1. The van der Waals surface area contributed by atoms with E-state index in [1.807, 2.05) is 37.3 Å². The third kappa shape index (κ3) is 3.43. The Kier molecular flexibility index (Phi) is 4.61. The van der Waals surface area contributed by atoms with Gasteiger partial charge in [-0.2, -0.15) is 0 Å². The maximum absolute atomic E-state index is 5.85. The van der Waals surface area contributed by atoms with Gasteiger partial charge in [0.2, 0.25) is 11.8 Å². The Morgan fingerprint density at radius 1 is 1.04 bits per heavy atom. The van der Waals surface area contributed by atoms with E-state index in [9.17, 15) is 0 Å². The second-order valence-corrected chi connectivity index (χ2v) is 6.87. The van der Waals surface area contributed by atoms with Crippen LogP contribution in [-0.2, 0) is 0 Å². The maximum Gasteiger partial charge on any atom is 0.247 e. The smallest absolute Gasteiger partial charge is 0.247 e. The lowest BCUT2D eigenvalue weighted by Gasteiger charge is -2.21. The number of nitrogens with one attached hydrogen (secondary N) is 1. The molecule has 1 saturated heterocycles. The summed E-state index contributed by atoms with van der Waals surface area (Å²) in [5.74, 6) is 1.14. The zero-order valence-electron chi connectivity index (χ0n) is 15.3. The lowest BCUT2D eigenvalue weighted by atomic mass is 10.1. The average molecular weight is 348 g/mol. The lowest BCUT2D eigenvalue weighted by Crippen LogP contribution is -2.18. The SMILES string of the molecule is Cc1cc(N[C@@H](C)c2nnc(-c3ccccc3)o2)ccc1N1CCCC1. The molecule has 0 unspecified atom stereocenters. The van der Waals surface area contributed by atoms with Crippen molar-refractivity contribution in [1.29, 1.82) is 0 Å². The monoisotopic (exact) mass is 348 g/mol. The van der Waals surface area contributed by atoms with Crippen molar-refractivity contribution in [2.75, 3.05) is 23.3 Å². The highest BCUT2D eigenvalue weighted by Gasteiger charge is 2.17. The normalized spacial score (nSPS) is 15.2. The van der Waals surface area contributed by atoms with Crippen LogP contribution in [0.4, 0.5) is 11.4 Å². The van der Waals surface area contributed by atoms with E-state index < -0.39 is 0 Å². The van der Waals surface area contributed by atoms with Crippen molar-refractivity contribution in [2.24, 2.45) is 0 Å². The number of aromatic nitrogens is 2. The van der Waals surface area contributed by atoms with E-state index >= 15 is 0 Å². The highest BCUT2D eigenvalue weighted by Crippen LogP contribution is 2.28. The molecular weight excluding hydrogens is 324 g/mol. The van der Waals surface area contributed by atoms with Crippen LogP contribution < -0.4 is 10.2 Å². The Morgan fingerprint density at radius 2 is 1.81 bits per heavy atom. The Balaban J connectivity index is 1.47. The third-order valence-corrected chi connectivity index (χ3v) is 4.86. The number of anilines is 2. The molecule has 2 aromatic carbocycles. The first-order valence-corrected chi connectivity index (χ1v) is 9.21. The highest BCUT2D eigenvalue weighted by molar-refractivity contribution is 5.61. The number of hydrogen-bond acceptors (Lipinski definition) is 5. The molecule has 1 aliphatic heterocycles. The van der Waals surface area contributed by atoms with Gasteiger partial charge >= 0.3 is 0 Å². The number of nitrogens with zero attached hydrogens (tertiary/aromatic N) is 3. The van der Waals surface area contributed by atoms with Crippen LogP contribution in [0.2, 0.25) is 0 Å². The summed E-state index contributed by atoms with van der Waals surface area (Å²) in [5, 5.41) is 11.8. The molecule has 1 aliphatic rings. The number of hydrogen-bond donors (Lipinski definition) is 1. The minimum Gasteiger partial charge on any atom is -0.418 e. The Bertz CT molecular complexity index is 869. The van der Waals surface area contributed by atoms with Crippen LogP contribution in [0.25, 0.3) is 11.5 Å². The summed E-state index contributed by atoms with van der Waals surface area (Å²) in [5.41, 5.74) is 4.63.